The van der Waals surface area contributed by atoms with Crippen LogP contribution in [0.1, 0.15) is 35.1 Å². The van der Waals surface area contributed by atoms with Crippen molar-refractivity contribution in [2.45, 2.75) is 27.2 Å². The zero-order valence-electron chi connectivity index (χ0n) is 11.4. The highest BCUT2D eigenvalue weighted by Crippen LogP contribution is 2.22. The molecular formula is C13H19N3O2. The minimum Gasteiger partial charge on any atom is -0.338 e. The number of carbonyl (C=O) groups is 2. The van der Waals surface area contributed by atoms with E-state index in [-0.39, 0.29) is 17.6 Å². The number of likely N-dealkylation sites (tertiary alicyclic amines) is 1. The van der Waals surface area contributed by atoms with Gasteiger partial charge in [0.2, 0.25) is 0 Å². The molecule has 2 heterocycles. The first-order valence-electron chi connectivity index (χ1n) is 6.21. The number of carbonyl (C=O) groups excluding carboxylic acids is 2. The zero-order valence-corrected chi connectivity index (χ0v) is 11.4. The van der Waals surface area contributed by atoms with E-state index in [1.165, 1.54) is 0 Å². The van der Waals surface area contributed by atoms with E-state index in [2.05, 4.69) is 5.10 Å². The highest BCUT2D eigenvalue weighted by molar-refractivity contribution is 5.97. The highest BCUT2D eigenvalue weighted by atomic mass is 16.2. The third-order valence-corrected chi connectivity index (χ3v) is 3.77. The molecule has 1 fully saturated rings. The summed E-state index contributed by atoms with van der Waals surface area (Å²) in [5.74, 6) is 0.179. The van der Waals surface area contributed by atoms with Crippen LogP contribution in [0.15, 0.2) is 0 Å². The maximum absolute atomic E-state index is 12.4. The van der Waals surface area contributed by atoms with E-state index >= 15 is 0 Å². The molecule has 1 saturated heterocycles. The summed E-state index contributed by atoms with van der Waals surface area (Å²) in [6.45, 7) is 6.54. The number of Topliss-reactive ketones (excluding diaryl/α,β-unsaturated/α-hetero) is 1. The highest BCUT2D eigenvalue weighted by Gasteiger charge is 2.31. The van der Waals surface area contributed by atoms with Crippen molar-refractivity contribution in [3.63, 3.8) is 0 Å². The van der Waals surface area contributed by atoms with E-state index < -0.39 is 0 Å². The molecule has 1 aromatic heterocycles. The number of rotatable bonds is 2. The summed E-state index contributed by atoms with van der Waals surface area (Å²) in [6.07, 6.45) is 0.777. The molecule has 2 rings (SSSR count). The van der Waals surface area contributed by atoms with Crippen LogP contribution in [0.3, 0.4) is 0 Å². The van der Waals surface area contributed by atoms with Gasteiger partial charge in [0.15, 0.2) is 0 Å². The Morgan fingerprint density at radius 2 is 2.00 bits per heavy atom. The molecular weight excluding hydrogens is 230 g/mol. The van der Waals surface area contributed by atoms with E-state index in [0.717, 1.165) is 17.8 Å². The minimum absolute atomic E-state index is 0.00171. The standard InChI is InChI=1S/C13H19N3O2/c1-8-12(9(2)15(4)14-8)13(18)16-6-5-11(7-16)10(3)17/h11H,5-7H2,1-4H3/t11-/m1/s1. The molecule has 0 spiro atoms. The first-order chi connectivity index (χ1) is 8.41. The second kappa shape index (κ2) is 4.55. The van der Waals surface area contributed by atoms with E-state index in [1.807, 2.05) is 20.9 Å². The Balaban J connectivity index is 2.20. The Morgan fingerprint density at radius 1 is 1.33 bits per heavy atom. The first kappa shape index (κ1) is 12.8. The van der Waals surface area contributed by atoms with Gasteiger partial charge in [0.25, 0.3) is 5.91 Å². The summed E-state index contributed by atoms with van der Waals surface area (Å²) in [7, 11) is 1.83. The molecule has 0 saturated carbocycles. The maximum Gasteiger partial charge on any atom is 0.257 e. The van der Waals surface area contributed by atoms with Crippen molar-refractivity contribution in [2.75, 3.05) is 13.1 Å². The molecule has 18 heavy (non-hydrogen) atoms. The molecule has 0 unspecified atom stereocenters. The molecule has 0 bridgehead atoms. The number of hydrogen-bond donors (Lipinski definition) is 0. The smallest absolute Gasteiger partial charge is 0.257 e. The Kier molecular flexibility index (Phi) is 3.24. The Bertz CT molecular complexity index is 505. The summed E-state index contributed by atoms with van der Waals surface area (Å²) in [6, 6.07) is 0. The fourth-order valence-corrected chi connectivity index (χ4v) is 2.52. The Labute approximate surface area is 107 Å². The van der Waals surface area contributed by atoms with Crippen molar-refractivity contribution in [3.8, 4) is 0 Å². The lowest BCUT2D eigenvalue weighted by Crippen LogP contribution is -2.30. The summed E-state index contributed by atoms with van der Waals surface area (Å²) < 4.78 is 1.72. The molecule has 0 aliphatic carbocycles. The van der Waals surface area contributed by atoms with Gasteiger partial charge < -0.3 is 4.90 Å². The molecule has 1 aliphatic heterocycles. The van der Waals surface area contributed by atoms with E-state index in [9.17, 15) is 9.59 Å². The average molecular weight is 249 g/mol. The number of amides is 1. The van der Waals surface area contributed by atoms with Crippen LogP contribution in [0, 0.1) is 19.8 Å². The van der Waals surface area contributed by atoms with Crippen LogP contribution in [0.25, 0.3) is 0 Å². The molecule has 1 aromatic rings. The molecule has 1 amide bonds. The zero-order chi connectivity index (χ0) is 13.4. The third-order valence-electron chi connectivity index (χ3n) is 3.77. The van der Waals surface area contributed by atoms with Gasteiger partial charge in [0.05, 0.1) is 11.3 Å². The van der Waals surface area contributed by atoms with Crippen LogP contribution >= 0.6 is 0 Å². The van der Waals surface area contributed by atoms with Gasteiger partial charge in [-0.25, -0.2) is 0 Å². The fraction of sp³-hybridized carbons (Fsp3) is 0.615. The molecule has 5 nitrogen and oxygen atoms in total. The van der Waals surface area contributed by atoms with Gasteiger partial charge in [0.1, 0.15) is 5.78 Å². The number of aromatic nitrogens is 2. The largest absolute Gasteiger partial charge is 0.338 e. The van der Waals surface area contributed by atoms with Crippen LogP contribution in [0.5, 0.6) is 0 Å². The Morgan fingerprint density at radius 3 is 2.44 bits per heavy atom. The van der Waals surface area contributed by atoms with Crippen LogP contribution < -0.4 is 0 Å². The van der Waals surface area contributed by atoms with Gasteiger partial charge in [-0.2, -0.15) is 5.10 Å². The second-order valence-electron chi connectivity index (χ2n) is 5.02. The van der Waals surface area contributed by atoms with Gasteiger partial charge >= 0.3 is 0 Å². The van der Waals surface area contributed by atoms with Gasteiger partial charge in [-0.3, -0.25) is 14.3 Å². The van der Waals surface area contributed by atoms with Crippen LogP contribution in [0.4, 0.5) is 0 Å². The van der Waals surface area contributed by atoms with Crippen molar-refractivity contribution >= 4 is 11.7 Å². The van der Waals surface area contributed by atoms with Crippen LogP contribution in [0.2, 0.25) is 0 Å². The quantitative estimate of drug-likeness (QED) is 0.788. The van der Waals surface area contributed by atoms with Crippen molar-refractivity contribution in [2.24, 2.45) is 13.0 Å². The lowest BCUT2D eigenvalue weighted by atomic mass is 10.1. The number of nitrogens with zero attached hydrogens (tertiary/aromatic N) is 3. The van der Waals surface area contributed by atoms with Crippen molar-refractivity contribution in [3.05, 3.63) is 17.0 Å². The number of hydrogen-bond acceptors (Lipinski definition) is 3. The topological polar surface area (TPSA) is 55.2 Å². The lowest BCUT2D eigenvalue weighted by Gasteiger charge is -2.16. The summed E-state index contributed by atoms with van der Waals surface area (Å²) in [5.41, 5.74) is 2.32. The van der Waals surface area contributed by atoms with Crippen molar-refractivity contribution in [1.82, 2.24) is 14.7 Å². The normalized spacial score (nSPS) is 19.3. The lowest BCUT2D eigenvalue weighted by molar-refractivity contribution is -0.120. The first-order valence-corrected chi connectivity index (χ1v) is 6.21. The summed E-state index contributed by atoms with van der Waals surface area (Å²) in [4.78, 5) is 25.5. The number of ketones is 1. The monoisotopic (exact) mass is 249 g/mol. The molecule has 0 aromatic carbocycles. The van der Waals surface area contributed by atoms with E-state index in [4.69, 9.17) is 0 Å². The van der Waals surface area contributed by atoms with Gasteiger partial charge in [0, 0.05) is 31.7 Å². The minimum atomic E-state index is 0.00171. The maximum atomic E-state index is 12.4. The Hall–Kier alpha value is -1.65. The van der Waals surface area contributed by atoms with Crippen LogP contribution in [-0.2, 0) is 11.8 Å². The molecule has 5 heteroatoms. The molecule has 98 valence electrons. The average Bonchev–Trinajstić information content (AvgIpc) is 2.85. The number of aryl methyl sites for hydroxylation is 2. The van der Waals surface area contributed by atoms with Gasteiger partial charge in [-0.05, 0) is 27.2 Å². The summed E-state index contributed by atoms with van der Waals surface area (Å²) in [5, 5.41) is 4.26. The third kappa shape index (κ3) is 2.05. The van der Waals surface area contributed by atoms with E-state index in [1.54, 1.807) is 16.5 Å². The SMILES string of the molecule is CC(=O)[C@@H]1CCN(C(=O)c2c(C)nn(C)c2C)C1. The molecule has 0 N–H and O–H groups in total. The predicted octanol–water partition coefficient (Wildman–Crippen LogP) is 1.09. The van der Waals surface area contributed by atoms with Gasteiger partial charge in [-0.1, -0.05) is 0 Å². The summed E-state index contributed by atoms with van der Waals surface area (Å²) >= 11 is 0. The fourth-order valence-electron chi connectivity index (χ4n) is 2.52. The molecule has 1 atom stereocenters. The molecule has 1 aliphatic rings. The predicted molar refractivity (Wildman–Crippen MR) is 67.4 cm³/mol. The molecule has 0 radical (unpaired) electrons. The van der Waals surface area contributed by atoms with Gasteiger partial charge in [-0.15, -0.1) is 0 Å². The second-order valence-corrected chi connectivity index (χ2v) is 5.02. The van der Waals surface area contributed by atoms with Crippen molar-refractivity contribution < 1.29 is 9.59 Å². The van der Waals surface area contributed by atoms with Crippen LogP contribution in [-0.4, -0.2) is 39.5 Å². The van der Waals surface area contributed by atoms with Crippen molar-refractivity contribution in [1.29, 1.82) is 0 Å². The van der Waals surface area contributed by atoms with E-state index in [0.29, 0.717) is 18.7 Å².